The Labute approximate surface area is 154 Å². The summed E-state index contributed by atoms with van der Waals surface area (Å²) in [6.07, 6.45) is 1.96. The summed E-state index contributed by atoms with van der Waals surface area (Å²) in [5, 5.41) is 4.22. The van der Waals surface area contributed by atoms with Crippen LogP contribution in [-0.4, -0.2) is 68.1 Å². The number of ether oxygens (including phenoxy) is 4. The highest BCUT2D eigenvalue weighted by Crippen LogP contribution is 2.22. The molecule has 11 heteroatoms. The van der Waals surface area contributed by atoms with Crippen molar-refractivity contribution >= 4 is 12.1 Å². The maximum atomic E-state index is 13.0. The number of methoxy groups -OCH3 is 1. The maximum absolute atomic E-state index is 13.0. The molecular formula is C16H20N4O7. The largest absolute Gasteiger partial charge is 0.510 e. The summed E-state index contributed by atoms with van der Waals surface area (Å²) >= 11 is 0. The number of pyridine rings is 1. The van der Waals surface area contributed by atoms with Crippen molar-refractivity contribution < 1.29 is 33.4 Å². The summed E-state index contributed by atoms with van der Waals surface area (Å²) in [5.74, 6) is -0.163. The number of carbonyl (C=O) groups is 2. The Morgan fingerprint density at radius 1 is 1.56 bits per heavy atom. The van der Waals surface area contributed by atoms with Crippen molar-refractivity contribution in [3.05, 3.63) is 36.0 Å². The SMILES string of the molecule is C=CCO/N=c1\ccn2c(c1OCOC(=O)OC)C(=O)N1CCOC[C@H]1N2. The molecule has 1 aromatic heterocycles. The van der Waals surface area contributed by atoms with E-state index in [-0.39, 0.29) is 35.5 Å². The second kappa shape index (κ2) is 8.45. The highest BCUT2D eigenvalue weighted by Gasteiger charge is 2.36. The van der Waals surface area contributed by atoms with Gasteiger partial charge in [0.05, 0.1) is 20.3 Å². The average molecular weight is 380 g/mol. The molecule has 1 N–H and O–H groups in total. The van der Waals surface area contributed by atoms with Crippen LogP contribution in [0.25, 0.3) is 0 Å². The van der Waals surface area contributed by atoms with Crippen LogP contribution in [0.15, 0.2) is 30.1 Å². The van der Waals surface area contributed by atoms with E-state index in [1.165, 1.54) is 17.9 Å². The molecule has 1 fully saturated rings. The predicted molar refractivity (Wildman–Crippen MR) is 90.1 cm³/mol. The molecule has 0 aromatic carbocycles. The number of morpholine rings is 1. The lowest BCUT2D eigenvalue weighted by Crippen LogP contribution is -2.59. The Morgan fingerprint density at radius 2 is 2.41 bits per heavy atom. The Hall–Kier alpha value is -3.21. The molecule has 0 saturated carbocycles. The van der Waals surface area contributed by atoms with Gasteiger partial charge in [-0.15, -0.1) is 0 Å². The van der Waals surface area contributed by atoms with Crippen LogP contribution >= 0.6 is 0 Å². The normalized spacial score (nSPS) is 18.7. The third kappa shape index (κ3) is 3.97. The molecule has 1 atom stereocenters. The molecule has 1 amide bonds. The lowest BCUT2D eigenvalue weighted by Gasteiger charge is -2.41. The molecule has 0 unspecified atom stereocenters. The number of hydrogen-bond acceptors (Lipinski definition) is 9. The van der Waals surface area contributed by atoms with Crippen molar-refractivity contribution in [1.29, 1.82) is 0 Å². The summed E-state index contributed by atoms with van der Waals surface area (Å²) < 4.78 is 21.6. The lowest BCUT2D eigenvalue weighted by molar-refractivity contribution is -0.00508. The summed E-state index contributed by atoms with van der Waals surface area (Å²) in [6.45, 7) is 4.51. The van der Waals surface area contributed by atoms with E-state index in [0.29, 0.717) is 19.8 Å². The molecule has 0 aliphatic carbocycles. The summed E-state index contributed by atoms with van der Waals surface area (Å²) in [5.41, 5.74) is 3.36. The molecule has 3 heterocycles. The number of nitrogens with one attached hydrogen (secondary N) is 1. The monoisotopic (exact) mass is 380 g/mol. The smallest absolute Gasteiger partial charge is 0.452 e. The number of nitrogens with zero attached hydrogens (tertiary/aromatic N) is 3. The molecule has 27 heavy (non-hydrogen) atoms. The Kier molecular flexibility index (Phi) is 5.81. The fourth-order valence-electron chi connectivity index (χ4n) is 2.65. The molecule has 11 nitrogen and oxygen atoms in total. The topological polar surface area (TPSA) is 113 Å². The van der Waals surface area contributed by atoms with Crippen molar-refractivity contribution in [3.63, 3.8) is 0 Å². The van der Waals surface area contributed by atoms with Crippen LogP contribution in [0.4, 0.5) is 4.79 Å². The van der Waals surface area contributed by atoms with E-state index in [0.717, 1.165) is 0 Å². The zero-order chi connectivity index (χ0) is 19.2. The highest BCUT2D eigenvalue weighted by atomic mass is 16.8. The van der Waals surface area contributed by atoms with E-state index < -0.39 is 12.9 Å². The number of fused-ring (bicyclic) bond motifs is 2. The standard InChI is InChI=1S/C16H20N4O7/c1-3-7-27-18-11-4-5-20-13(14(11)25-10-26-16(22)23-2)15(21)19-6-8-24-9-12(19)17-20/h3-5,12,17H,1,6-10H2,2H3/b18-11+/t12-/m0/s1. The van der Waals surface area contributed by atoms with Gasteiger partial charge < -0.3 is 34.1 Å². The average Bonchev–Trinajstić information content (AvgIpc) is 2.69. The van der Waals surface area contributed by atoms with Gasteiger partial charge in [0.1, 0.15) is 18.1 Å². The first kappa shape index (κ1) is 18.6. The van der Waals surface area contributed by atoms with Crippen molar-refractivity contribution in [2.24, 2.45) is 5.16 Å². The fourth-order valence-corrected chi connectivity index (χ4v) is 2.65. The van der Waals surface area contributed by atoms with Gasteiger partial charge >= 0.3 is 6.16 Å². The molecule has 1 saturated heterocycles. The first-order chi connectivity index (χ1) is 13.2. The van der Waals surface area contributed by atoms with E-state index >= 15 is 0 Å². The lowest BCUT2D eigenvalue weighted by atomic mass is 10.2. The third-order valence-corrected chi connectivity index (χ3v) is 3.85. The van der Waals surface area contributed by atoms with Crippen LogP contribution in [0.5, 0.6) is 5.75 Å². The third-order valence-electron chi connectivity index (χ3n) is 3.85. The van der Waals surface area contributed by atoms with Crippen molar-refractivity contribution in [2.45, 2.75) is 6.17 Å². The molecule has 3 rings (SSSR count). The number of carbonyl (C=O) groups excluding carboxylic acids is 2. The van der Waals surface area contributed by atoms with Gasteiger partial charge in [-0.1, -0.05) is 17.8 Å². The number of hydrogen-bond donors (Lipinski definition) is 1. The second-order valence-corrected chi connectivity index (χ2v) is 5.50. The molecule has 0 radical (unpaired) electrons. The van der Waals surface area contributed by atoms with Crippen LogP contribution < -0.4 is 15.5 Å². The molecular weight excluding hydrogens is 360 g/mol. The predicted octanol–water partition coefficient (Wildman–Crippen LogP) is -0.0187. The summed E-state index contributed by atoms with van der Waals surface area (Å²) in [4.78, 5) is 30.9. The quantitative estimate of drug-likeness (QED) is 0.241. The van der Waals surface area contributed by atoms with Crippen LogP contribution in [0.3, 0.4) is 0 Å². The molecule has 2 aliphatic rings. The minimum atomic E-state index is -0.911. The van der Waals surface area contributed by atoms with E-state index in [2.05, 4.69) is 21.9 Å². The van der Waals surface area contributed by atoms with Gasteiger partial charge in [-0.05, 0) is 6.07 Å². The fraction of sp³-hybridized carbons (Fsp3) is 0.438. The Bertz CT molecular complexity index is 791. The summed E-state index contributed by atoms with van der Waals surface area (Å²) in [7, 11) is 1.18. The Balaban J connectivity index is 1.95. The second-order valence-electron chi connectivity index (χ2n) is 5.50. The van der Waals surface area contributed by atoms with Crippen LogP contribution in [0.2, 0.25) is 0 Å². The van der Waals surface area contributed by atoms with Crippen LogP contribution in [0, 0.1) is 0 Å². The summed E-state index contributed by atoms with van der Waals surface area (Å²) in [6, 6.07) is 1.60. The van der Waals surface area contributed by atoms with Crippen molar-refractivity contribution in [2.75, 3.05) is 45.7 Å². The van der Waals surface area contributed by atoms with Gasteiger partial charge in [0, 0.05) is 12.7 Å². The van der Waals surface area contributed by atoms with Gasteiger partial charge in [0.25, 0.3) is 5.91 Å². The molecule has 0 bridgehead atoms. The number of amides is 1. The van der Waals surface area contributed by atoms with E-state index in [1.54, 1.807) is 17.2 Å². The zero-order valence-electron chi connectivity index (χ0n) is 14.8. The first-order valence-corrected chi connectivity index (χ1v) is 8.17. The molecule has 146 valence electrons. The van der Waals surface area contributed by atoms with Gasteiger partial charge in [0.2, 0.25) is 6.79 Å². The van der Waals surface area contributed by atoms with E-state index in [1.807, 2.05) is 0 Å². The first-order valence-electron chi connectivity index (χ1n) is 8.17. The Morgan fingerprint density at radius 3 is 3.19 bits per heavy atom. The molecule has 0 spiro atoms. The van der Waals surface area contributed by atoms with E-state index in [9.17, 15) is 9.59 Å². The minimum absolute atomic E-state index is 0.105. The van der Waals surface area contributed by atoms with Crippen molar-refractivity contribution in [3.8, 4) is 5.75 Å². The van der Waals surface area contributed by atoms with Gasteiger partial charge in [-0.3, -0.25) is 9.47 Å². The highest BCUT2D eigenvalue weighted by molar-refractivity contribution is 5.96. The van der Waals surface area contributed by atoms with Gasteiger partial charge in [-0.25, -0.2) is 4.79 Å². The molecule has 1 aromatic rings. The zero-order valence-corrected chi connectivity index (χ0v) is 14.8. The van der Waals surface area contributed by atoms with Crippen molar-refractivity contribution in [1.82, 2.24) is 9.58 Å². The molecule has 2 aliphatic heterocycles. The van der Waals surface area contributed by atoms with Crippen LogP contribution in [0.1, 0.15) is 10.5 Å². The number of rotatable bonds is 6. The van der Waals surface area contributed by atoms with Crippen LogP contribution in [-0.2, 0) is 19.0 Å². The van der Waals surface area contributed by atoms with E-state index in [4.69, 9.17) is 19.0 Å². The van der Waals surface area contributed by atoms with Gasteiger partial charge in [-0.2, -0.15) is 0 Å². The number of aromatic nitrogens is 1. The van der Waals surface area contributed by atoms with Gasteiger partial charge in [0.15, 0.2) is 11.4 Å². The minimum Gasteiger partial charge on any atom is -0.452 e. The maximum Gasteiger partial charge on any atom is 0.510 e.